The third-order valence-corrected chi connectivity index (χ3v) is 5.37. The van der Waals surface area contributed by atoms with E-state index in [1.54, 1.807) is 0 Å². The first-order chi connectivity index (χ1) is 11.6. The van der Waals surface area contributed by atoms with Crippen molar-refractivity contribution in [1.82, 2.24) is 9.80 Å². The number of carbonyl (C=O) groups excluding carboxylic acids is 2. The molecule has 2 heterocycles. The highest BCUT2D eigenvalue weighted by molar-refractivity contribution is 5.81. The second-order valence-electron chi connectivity index (χ2n) is 7.35. The van der Waals surface area contributed by atoms with Gasteiger partial charge in [0.25, 0.3) is 0 Å². The predicted molar refractivity (Wildman–Crippen MR) is 94.3 cm³/mol. The summed E-state index contributed by atoms with van der Waals surface area (Å²) in [6, 6.07) is 10.6. The van der Waals surface area contributed by atoms with Crippen LogP contribution in [0, 0.1) is 11.8 Å². The molecular formula is C20H28N2O2. The fourth-order valence-electron chi connectivity index (χ4n) is 4.00. The van der Waals surface area contributed by atoms with E-state index in [0.717, 1.165) is 45.3 Å². The van der Waals surface area contributed by atoms with Crippen LogP contribution >= 0.6 is 0 Å². The molecule has 1 aromatic rings. The van der Waals surface area contributed by atoms with Crippen molar-refractivity contribution in [1.29, 1.82) is 0 Å². The highest BCUT2D eigenvalue weighted by Gasteiger charge is 2.36. The molecule has 2 amide bonds. The summed E-state index contributed by atoms with van der Waals surface area (Å²) in [6.45, 7) is 6.18. The summed E-state index contributed by atoms with van der Waals surface area (Å²) in [7, 11) is 0. The Labute approximate surface area is 144 Å². The lowest BCUT2D eigenvalue weighted by molar-refractivity contribution is -0.142. The molecular weight excluding hydrogens is 300 g/mol. The van der Waals surface area contributed by atoms with E-state index in [-0.39, 0.29) is 29.7 Å². The first-order valence-corrected chi connectivity index (χ1v) is 9.22. The Hall–Kier alpha value is -1.84. The van der Waals surface area contributed by atoms with Gasteiger partial charge in [0.05, 0.1) is 6.04 Å². The molecule has 0 aliphatic carbocycles. The first kappa shape index (κ1) is 17.0. The van der Waals surface area contributed by atoms with Gasteiger partial charge in [-0.25, -0.2) is 0 Å². The highest BCUT2D eigenvalue weighted by Crippen LogP contribution is 2.34. The minimum absolute atomic E-state index is 0.0401. The van der Waals surface area contributed by atoms with Crippen LogP contribution in [0.4, 0.5) is 0 Å². The van der Waals surface area contributed by atoms with Crippen molar-refractivity contribution in [3.05, 3.63) is 35.9 Å². The number of carbonyl (C=O) groups is 2. The van der Waals surface area contributed by atoms with Crippen molar-refractivity contribution < 1.29 is 9.59 Å². The summed E-state index contributed by atoms with van der Waals surface area (Å²) in [5.74, 6) is 0.617. The van der Waals surface area contributed by atoms with E-state index in [1.165, 1.54) is 5.56 Å². The van der Waals surface area contributed by atoms with Crippen LogP contribution in [-0.4, -0.2) is 41.2 Å². The molecule has 1 aromatic carbocycles. The lowest BCUT2D eigenvalue weighted by Crippen LogP contribution is -2.45. The van der Waals surface area contributed by atoms with Crippen LogP contribution in [0.3, 0.4) is 0 Å². The van der Waals surface area contributed by atoms with Gasteiger partial charge in [-0.05, 0) is 31.2 Å². The molecule has 2 aliphatic heterocycles. The largest absolute Gasteiger partial charge is 0.342 e. The lowest BCUT2D eigenvalue weighted by Gasteiger charge is -2.35. The molecule has 130 valence electrons. The van der Waals surface area contributed by atoms with Crippen LogP contribution in [0.1, 0.15) is 51.1 Å². The zero-order chi connectivity index (χ0) is 17.1. The Kier molecular flexibility index (Phi) is 5.22. The van der Waals surface area contributed by atoms with E-state index in [9.17, 15) is 9.59 Å². The maximum atomic E-state index is 13.0. The van der Waals surface area contributed by atoms with Crippen LogP contribution in [-0.2, 0) is 9.59 Å². The van der Waals surface area contributed by atoms with Gasteiger partial charge in [-0.2, -0.15) is 0 Å². The van der Waals surface area contributed by atoms with Crippen molar-refractivity contribution in [2.45, 2.75) is 45.6 Å². The van der Waals surface area contributed by atoms with Crippen LogP contribution < -0.4 is 0 Å². The van der Waals surface area contributed by atoms with Crippen molar-refractivity contribution in [3.63, 3.8) is 0 Å². The van der Waals surface area contributed by atoms with Gasteiger partial charge in [0, 0.05) is 31.5 Å². The van der Waals surface area contributed by atoms with E-state index in [0.29, 0.717) is 0 Å². The number of nitrogens with zero attached hydrogens (tertiary/aromatic N) is 2. The molecule has 0 N–H and O–H groups in total. The van der Waals surface area contributed by atoms with Crippen LogP contribution in [0.15, 0.2) is 30.3 Å². The van der Waals surface area contributed by atoms with E-state index in [2.05, 4.69) is 17.0 Å². The van der Waals surface area contributed by atoms with E-state index in [4.69, 9.17) is 0 Å². The van der Waals surface area contributed by atoms with E-state index < -0.39 is 0 Å². The molecule has 2 fully saturated rings. The Morgan fingerprint density at radius 1 is 1.00 bits per heavy atom. The summed E-state index contributed by atoms with van der Waals surface area (Å²) >= 11 is 0. The molecule has 0 saturated carbocycles. The van der Waals surface area contributed by atoms with E-state index in [1.807, 2.05) is 36.9 Å². The summed E-state index contributed by atoms with van der Waals surface area (Å²) < 4.78 is 0. The topological polar surface area (TPSA) is 40.6 Å². The summed E-state index contributed by atoms with van der Waals surface area (Å²) in [5, 5.41) is 0. The molecule has 2 saturated heterocycles. The lowest BCUT2D eigenvalue weighted by atomic mass is 9.93. The Morgan fingerprint density at radius 3 is 2.29 bits per heavy atom. The van der Waals surface area contributed by atoms with Gasteiger partial charge in [-0.1, -0.05) is 44.2 Å². The monoisotopic (exact) mass is 328 g/mol. The average Bonchev–Trinajstić information content (AvgIpc) is 3.11. The van der Waals surface area contributed by atoms with Crippen molar-refractivity contribution in [2.24, 2.45) is 11.8 Å². The third-order valence-electron chi connectivity index (χ3n) is 5.37. The standard InChI is InChI=1S/C20H28N2O2/c1-15(2)19(23)21-13-10-17(11-14-21)20(24)22-12-6-9-18(22)16-7-4-3-5-8-16/h3-5,7-8,15,17-18H,6,9-14H2,1-2H3. The second kappa shape index (κ2) is 7.37. The van der Waals surface area contributed by atoms with Crippen LogP contribution in [0.2, 0.25) is 0 Å². The molecule has 4 heteroatoms. The second-order valence-corrected chi connectivity index (χ2v) is 7.35. The molecule has 1 atom stereocenters. The number of hydrogen-bond donors (Lipinski definition) is 0. The smallest absolute Gasteiger partial charge is 0.226 e. The molecule has 0 bridgehead atoms. The van der Waals surface area contributed by atoms with Gasteiger partial charge in [0.2, 0.25) is 11.8 Å². The number of benzene rings is 1. The Morgan fingerprint density at radius 2 is 1.67 bits per heavy atom. The summed E-state index contributed by atoms with van der Waals surface area (Å²) in [6.07, 6.45) is 3.74. The fourth-order valence-corrected chi connectivity index (χ4v) is 4.00. The van der Waals surface area contributed by atoms with Gasteiger partial charge in [-0.15, -0.1) is 0 Å². The Balaban J connectivity index is 1.62. The van der Waals surface area contributed by atoms with Crippen molar-refractivity contribution >= 4 is 11.8 Å². The number of likely N-dealkylation sites (tertiary alicyclic amines) is 2. The molecule has 2 aliphatic rings. The normalized spacial score (nSPS) is 22.2. The molecule has 3 rings (SSSR count). The SMILES string of the molecule is CC(C)C(=O)N1CCC(C(=O)N2CCCC2c2ccccc2)CC1. The average molecular weight is 328 g/mol. The fraction of sp³-hybridized carbons (Fsp3) is 0.600. The predicted octanol–water partition coefficient (Wildman–Crippen LogP) is 3.24. The molecule has 24 heavy (non-hydrogen) atoms. The summed E-state index contributed by atoms with van der Waals surface area (Å²) in [5.41, 5.74) is 1.25. The van der Waals surface area contributed by atoms with Crippen LogP contribution in [0.25, 0.3) is 0 Å². The zero-order valence-electron chi connectivity index (χ0n) is 14.8. The minimum Gasteiger partial charge on any atom is -0.342 e. The zero-order valence-corrected chi connectivity index (χ0v) is 14.8. The van der Waals surface area contributed by atoms with Gasteiger partial charge in [0.15, 0.2) is 0 Å². The minimum atomic E-state index is 0.0401. The van der Waals surface area contributed by atoms with E-state index >= 15 is 0 Å². The maximum Gasteiger partial charge on any atom is 0.226 e. The number of amides is 2. The summed E-state index contributed by atoms with van der Waals surface area (Å²) in [4.78, 5) is 29.1. The first-order valence-electron chi connectivity index (χ1n) is 9.22. The number of rotatable bonds is 3. The highest BCUT2D eigenvalue weighted by atomic mass is 16.2. The number of piperidine rings is 1. The molecule has 4 nitrogen and oxygen atoms in total. The number of hydrogen-bond acceptors (Lipinski definition) is 2. The van der Waals surface area contributed by atoms with Crippen LogP contribution in [0.5, 0.6) is 0 Å². The molecule has 0 aromatic heterocycles. The van der Waals surface area contributed by atoms with Gasteiger partial charge >= 0.3 is 0 Å². The Bertz CT molecular complexity index is 577. The molecule has 0 spiro atoms. The maximum absolute atomic E-state index is 13.0. The van der Waals surface area contributed by atoms with Gasteiger partial charge in [-0.3, -0.25) is 9.59 Å². The van der Waals surface area contributed by atoms with Gasteiger partial charge < -0.3 is 9.80 Å². The third kappa shape index (κ3) is 3.47. The molecule has 1 unspecified atom stereocenters. The van der Waals surface area contributed by atoms with Crippen molar-refractivity contribution in [3.8, 4) is 0 Å². The van der Waals surface area contributed by atoms with Crippen molar-refractivity contribution in [2.75, 3.05) is 19.6 Å². The quantitative estimate of drug-likeness (QED) is 0.854. The molecule has 0 radical (unpaired) electrons. The van der Waals surface area contributed by atoms with Gasteiger partial charge in [0.1, 0.15) is 0 Å².